The third-order valence-corrected chi connectivity index (χ3v) is 3.52. The molecule has 3 rings (SSSR count). The summed E-state index contributed by atoms with van der Waals surface area (Å²) in [4.78, 5) is 20.1. The highest BCUT2D eigenvalue weighted by Gasteiger charge is 2.35. The molecule has 7 nitrogen and oxygen atoms in total. The SMILES string of the molecule is O=C(O)N1C[C@@H](F)C[C@H]1Cn1ncc2cnc(Cl)nc21. The molecule has 1 aliphatic rings. The van der Waals surface area contributed by atoms with Gasteiger partial charge in [-0.2, -0.15) is 10.1 Å². The minimum absolute atomic E-state index is 0.0872. The lowest BCUT2D eigenvalue weighted by Gasteiger charge is -2.20. The van der Waals surface area contributed by atoms with Crippen molar-refractivity contribution in [2.45, 2.75) is 25.2 Å². The molecule has 0 aliphatic carbocycles. The lowest BCUT2D eigenvalue weighted by Crippen LogP contribution is -2.37. The second-order valence-electron chi connectivity index (χ2n) is 4.67. The Balaban J connectivity index is 1.89. The molecule has 2 atom stereocenters. The van der Waals surface area contributed by atoms with Crippen LogP contribution in [-0.2, 0) is 6.54 Å². The summed E-state index contributed by atoms with van der Waals surface area (Å²) in [7, 11) is 0. The van der Waals surface area contributed by atoms with E-state index >= 15 is 0 Å². The van der Waals surface area contributed by atoms with Crippen LogP contribution in [0.5, 0.6) is 0 Å². The second-order valence-corrected chi connectivity index (χ2v) is 5.00. The molecule has 2 aromatic heterocycles. The molecule has 9 heteroatoms. The van der Waals surface area contributed by atoms with Crippen molar-refractivity contribution in [1.82, 2.24) is 24.6 Å². The Kier molecular flexibility index (Phi) is 3.17. The zero-order valence-corrected chi connectivity index (χ0v) is 11.0. The summed E-state index contributed by atoms with van der Waals surface area (Å²) in [6.07, 6.45) is 0.997. The zero-order valence-electron chi connectivity index (χ0n) is 10.3. The number of carbonyl (C=O) groups is 1. The molecule has 1 fully saturated rings. The fourth-order valence-corrected chi connectivity index (χ4v) is 2.57. The van der Waals surface area contributed by atoms with Crippen LogP contribution in [0, 0.1) is 0 Å². The van der Waals surface area contributed by atoms with Gasteiger partial charge in [0.05, 0.1) is 30.7 Å². The molecule has 0 unspecified atom stereocenters. The number of amides is 1. The van der Waals surface area contributed by atoms with Crippen molar-refractivity contribution in [3.05, 3.63) is 17.7 Å². The molecule has 1 amide bonds. The van der Waals surface area contributed by atoms with Crippen molar-refractivity contribution in [2.75, 3.05) is 6.54 Å². The van der Waals surface area contributed by atoms with Gasteiger partial charge >= 0.3 is 6.09 Å². The number of carboxylic acid groups (broad SMARTS) is 1. The second kappa shape index (κ2) is 4.86. The Morgan fingerprint density at radius 2 is 2.35 bits per heavy atom. The summed E-state index contributed by atoms with van der Waals surface area (Å²) < 4.78 is 14.9. The molecule has 20 heavy (non-hydrogen) atoms. The zero-order chi connectivity index (χ0) is 14.3. The third kappa shape index (κ3) is 2.26. The number of nitrogens with zero attached hydrogens (tertiary/aromatic N) is 5. The molecule has 0 spiro atoms. The Morgan fingerprint density at radius 3 is 3.10 bits per heavy atom. The highest BCUT2D eigenvalue weighted by molar-refractivity contribution is 6.28. The number of rotatable bonds is 2. The fourth-order valence-electron chi connectivity index (χ4n) is 2.45. The topological polar surface area (TPSA) is 84.1 Å². The van der Waals surface area contributed by atoms with E-state index in [9.17, 15) is 9.18 Å². The molecule has 0 bridgehead atoms. The number of aromatic nitrogens is 4. The van der Waals surface area contributed by atoms with Gasteiger partial charge in [-0.1, -0.05) is 0 Å². The summed E-state index contributed by atoms with van der Waals surface area (Å²) in [5, 5.41) is 14.0. The molecule has 2 aromatic rings. The van der Waals surface area contributed by atoms with E-state index in [2.05, 4.69) is 15.1 Å². The molecule has 0 saturated carbocycles. The van der Waals surface area contributed by atoms with E-state index in [-0.39, 0.29) is 24.8 Å². The van der Waals surface area contributed by atoms with Gasteiger partial charge in [0.25, 0.3) is 0 Å². The Bertz CT molecular complexity index is 663. The highest BCUT2D eigenvalue weighted by atomic mass is 35.5. The lowest BCUT2D eigenvalue weighted by atomic mass is 10.2. The van der Waals surface area contributed by atoms with Crippen molar-refractivity contribution >= 4 is 28.7 Å². The summed E-state index contributed by atoms with van der Waals surface area (Å²) in [5.41, 5.74) is 0.512. The average molecular weight is 300 g/mol. The van der Waals surface area contributed by atoms with Gasteiger partial charge in [-0.3, -0.25) is 0 Å². The average Bonchev–Trinajstić information content (AvgIpc) is 2.94. The van der Waals surface area contributed by atoms with E-state index in [1.165, 1.54) is 10.9 Å². The minimum Gasteiger partial charge on any atom is -0.465 e. The van der Waals surface area contributed by atoms with Gasteiger partial charge in [-0.15, -0.1) is 0 Å². The van der Waals surface area contributed by atoms with Crippen LogP contribution in [0.4, 0.5) is 9.18 Å². The van der Waals surface area contributed by atoms with Crippen LogP contribution >= 0.6 is 11.6 Å². The Labute approximate surface area is 118 Å². The van der Waals surface area contributed by atoms with Gasteiger partial charge in [0.2, 0.25) is 5.28 Å². The Morgan fingerprint density at radius 1 is 1.55 bits per heavy atom. The van der Waals surface area contributed by atoms with Crippen LogP contribution in [-0.4, -0.2) is 54.6 Å². The largest absolute Gasteiger partial charge is 0.465 e. The number of halogens is 2. The van der Waals surface area contributed by atoms with Gasteiger partial charge in [0, 0.05) is 12.6 Å². The smallest absolute Gasteiger partial charge is 0.407 e. The van der Waals surface area contributed by atoms with Gasteiger partial charge in [-0.25, -0.2) is 18.9 Å². The monoisotopic (exact) mass is 299 g/mol. The van der Waals surface area contributed by atoms with E-state index in [0.29, 0.717) is 11.0 Å². The first kappa shape index (κ1) is 13.0. The summed E-state index contributed by atoms with van der Waals surface area (Å²) in [5.74, 6) is 0. The first-order chi connectivity index (χ1) is 9.54. The van der Waals surface area contributed by atoms with Crippen LogP contribution in [0.3, 0.4) is 0 Å². The fraction of sp³-hybridized carbons (Fsp3) is 0.455. The first-order valence-corrected chi connectivity index (χ1v) is 6.40. The van der Waals surface area contributed by atoms with Gasteiger partial charge < -0.3 is 10.0 Å². The van der Waals surface area contributed by atoms with Crippen LogP contribution in [0.1, 0.15) is 6.42 Å². The number of alkyl halides is 1. The van der Waals surface area contributed by atoms with Crippen molar-refractivity contribution in [2.24, 2.45) is 0 Å². The van der Waals surface area contributed by atoms with Crippen molar-refractivity contribution < 1.29 is 14.3 Å². The first-order valence-electron chi connectivity index (χ1n) is 6.02. The summed E-state index contributed by atoms with van der Waals surface area (Å²) in [6, 6.07) is -0.459. The molecule has 1 aliphatic heterocycles. The van der Waals surface area contributed by atoms with E-state index in [0.717, 1.165) is 4.90 Å². The van der Waals surface area contributed by atoms with E-state index in [1.807, 2.05) is 0 Å². The van der Waals surface area contributed by atoms with Crippen LogP contribution in [0.2, 0.25) is 5.28 Å². The molecule has 3 heterocycles. The van der Waals surface area contributed by atoms with Crippen molar-refractivity contribution in [1.29, 1.82) is 0 Å². The maximum absolute atomic E-state index is 13.4. The van der Waals surface area contributed by atoms with Crippen LogP contribution < -0.4 is 0 Å². The predicted octanol–water partition coefficient (Wildman–Crippen LogP) is 1.57. The van der Waals surface area contributed by atoms with E-state index in [1.54, 1.807) is 6.20 Å². The predicted molar refractivity (Wildman–Crippen MR) is 68.4 cm³/mol. The third-order valence-electron chi connectivity index (χ3n) is 3.34. The summed E-state index contributed by atoms with van der Waals surface area (Å²) in [6.45, 7) is 0.137. The lowest BCUT2D eigenvalue weighted by molar-refractivity contribution is 0.134. The normalized spacial score (nSPS) is 22.6. The molecular weight excluding hydrogens is 289 g/mol. The van der Waals surface area contributed by atoms with Crippen molar-refractivity contribution in [3.63, 3.8) is 0 Å². The molecule has 106 valence electrons. The number of hydrogen-bond acceptors (Lipinski definition) is 4. The molecule has 1 saturated heterocycles. The maximum Gasteiger partial charge on any atom is 0.407 e. The minimum atomic E-state index is -1.14. The van der Waals surface area contributed by atoms with E-state index < -0.39 is 18.3 Å². The standard InChI is InChI=1S/C11H11ClFN5O2/c12-10-14-2-6-3-15-18(9(6)16-10)5-8-1-7(13)4-17(8)11(19)20/h2-3,7-8H,1,4-5H2,(H,19,20)/t7-,8-/m0/s1. The van der Waals surface area contributed by atoms with Crippen molar-refractivity contribution in [3.8, 4) is 0 Å². The number of likely N-dealkylation sites (tertiary alicyclic amines) is 1. The molecule has 0 aromatic carbocycles. The quantitative estimate of drug-likeness (QED) is 0.851. The van der Waals surface area contributed by atoms with Crippen LogP contribution in [0.15, 0.2) is 12.4 Å². The van der Waals surface area contributed by atoms with Gasteiger partial charge in [0.1, 0.15) is 6.17 Å². The number of fused-ring (bicyclic) bond motifs is 1. The van der Waals surface area contributed by atoms with Gasteiger partial charge in [0.15, 0.2) is 5.65 Å². The molecular formula is C11H11ClFN5O2. The Hall–Kier alpha value is -1.96. The van der Waals surface area contributed by atoms with E-state index in [4.69, 9.17) is 16.7 Å². The molecule has 1 N–H and O–H groups in total. The summed E-state index contributed by atoms with van der Waals surface area (Å²) >= 11 is 5.74. The van der Waals surface area contributed by atoms with Gasteiger partial charge in [-0.05, 0) is 11.6 Å². The highest BCUT2D eigenvalue weighted by Crippen LogP contribution is 2.23. The molecule has 0 radical (unpaired) electrons. The maximum atomic E-state index is 13.4. The van der Waals surface area contributed by atoms with Crippen LogP contribution in [0.25, 0.3) is 11.0 Å². The number of hydrogen-bond donors (Lipinski definition) is 1.